The lowest BCUT2D eigenvalue weighted by molar-refractivity contribution is 0.00578. The molecule has 0 bridgehead atoms. The quantitative estimate of drug-likeness (QED) is 0.114. The topological polar surface area (TPSA) is 28.2 Å². The summed E-state index contributed by atoms with van der Waals surface area (Å²) in [6.07, 6.45) is 7.11. The maximum Gasteiger partial charge on any atom is 0.494 e. The Morgan fingerprint density at radius 2 is 0.578 bits per heavy atom. The van der Waals surface area contributed by atoms with Gasteiger partial charge in [0.15, 0.2) is 0 Å². The Balaban J connectivity index is 0.000000162. The molecule has 0 atom stereocenters. The van der Waals surface area contributed by atoms with Gasteiger partial charge in [-0.3, -0.25) is 0 Å². The average molecular weight is 1300 g/mol. The van der Waals surface area contributed by atoms with Gasteiger partial charge in [0.1, 0.15) is 0 Å². The van der Waals surface area contributed by atoms with Gasteiger partial charge in [-0.2, -0.15) is 0 Å². The van der Waals surface area contributed by atoms with Crippen LogP contribution in [0.15, 0.2) is 300 Å². The predicted octanol–water partition coefficient (Wildman–Crippen LogP) is 23.8. The molecule has 12 aromatic rings. The van der Waals surface area contributed by atoms with Crippen LogP contribution in [0.5, 0.6) is 0 Å². The molecular formula is C82H72BBr2N3O2. The van der Waals surface area contributed by atoms with E-state index in [-0.39, 0.29) is 18.3 Å². The van der Waals surface area contributed by atoms with Crippen LogP contribution in [-0.2, 0) is 9.31 Å². The Morgan fingerprint density at radius 3 is 0.900 bits per heavy atom. The molecule has 15 rings (SSSR count). The second kappa shape index (κ2) is 26.8. The molecule has 1 heterocycles. The molecule has 3 aliphatic rings. The first-order valence-corrected chi connectivity index (χ1v) is 33.0. The molecule has 8 heteroatoms. The highest BCUT2D eigenvalue weighted by Gasteiger charge is 2.51. The predicted molar refractivity (Wildman–Crippen MR) is 391 cm³/mol. The molecule has 0 saturated carbocycles. The SMILES string of the molecule is BrC1=C(Br)CCC1.CC1(C)OB(c2ccc(N(c3ccccc3)c3cccc4ccccc34)cc2)OC1(C)C.c1ccc(N(c2ccc(C3=C(c4ccc(N(c5ccccc5)c5cccc6ccccc56)cc4)CCC3)cc2)c2cccc3ccccc23)cc1. The van der Waals surface area contributed by atoms with Crippen molar-refractivity contribution < 1.29 is 9.31 Å². The van der Waals surface area contributed by atoms with Crippen molar-refractivity contribution in [3.05, 3.63) is 311 Å². The number of halogens is 2. The van der Waals surface area contributed by atoms with Crippen LogP contribution in [0.4, 0.5) is 51.2 Å². The summed E-state index contributed by atoms with van der Waals surface area (Å²) in [6.45, 7) is 8.33. The number of hydrogen-bond donors (Lipinski definition) is 0. The van der Waals surface area contributed by atoms with Gasteiger partial charge in [-0.15, -0.1) is 0 Å². The van der Waals surface area contributed by atoms with Gasteiger partial charge >= 0.3 is 7.12 Å². The standard InChI is InChI=1S/C49H38N2.C28H28BNO2.C5H6Br2/c1-3-18-40(19-4-1)50(48-26-11-16-36-14-7-9-22-46(36)48)42-32-28-38(29-33-42)44-24-13-25-45(44)39-30-34-43(35-31-39)51(41-20-5-2-6-21-41)49-27-12-17-37-15-8-10-23-47(37)49;1-27(2)28(3,4)32-29(31-27)22-17-19-24(20-18-22)30(23-13-6-5-7-14-23)26-16-10-12-21-11-8-9-15-25(21)26;6-4-2-1-3-5(4)7/h1-12,14-23,26-35H,13,24-25H2;5-20H,1-4H3;1-3H2. The molecule has 2 aliphatic carbocycles. The van der Waals surface area contributed by atoms with Crippen LogP contribution in [-0.4, -0.2) is 18.3 Å². The molecule has 0 aromatic heterocycles. The first-order chi connectivity index (χ1) is 44.0. The molecule has 5 nitrogen and oxygen atoms in total. The largest absolute Gasteiger partial charge is 0.494 e. The fourth-order valence-electron chi connectivity index (χ4n) is 12.7. The molecular weight excluding hydrogens is 1230 g/mol. The van der Waals surface area contributed by atoms with E-state index in [4.69, 9.17) is 9.31 Å². The number of rotatable bonds is 12. The normalized spacial score (nSPS) is 14.9. The monoisotopic (exact) mass is 1300 g/mol. The smallest absolute Gasteiger partial charge is 0.399 e. The minimum absolute atomic E-state index is 0.352. The zero-order valence-corrected chi connectivity index (χ0v) is 54.6. The van der Waals surface area contributed by atoms with Gasteiger partial charge in [0.05, 0.1) is 28.3 Å². The minimum atomic E-state index is -0.364. The fraction of sp³-hybridized carbons (Fsp3) is 0.146. The molecule has 0 N–H and O–H groups in total. The third kappa shape index (κ3) is 12.7. The van der Waals surface area contributed by atoms with Crippen LogP contribution < -0.4 is 20.2 Å². The number of benzene rings is 12. The zero-order valence-electron chi connectivity index (χ0n) is 51.4. The number of nitrogens with zero attached hydrogens (tertiary/aromatic N) is 3. The van der Waals surface area contributed by atoms with Crippen LogP contribution in [0.2, 0.25) is 0 Å². The van der Waals surface area contributed by atoms with E-state index in [9.17, 15) is 0 Å². The van der Waals surface area contributed by atoms with Gasteiger partial charge in [-0.05, 0) is 201 Å². The van der Waals surface area contributed by atoms with E-state index < -0.39 is 0 Å². The second-order valence-electron chi connectivity index (χ2n) is 24.3. The van der Waals surface area contributed by atoms with E-state index in [0.29, 0.717) is 0 Å². The maximum atomic E-state index is 6.24. The lowest BCUT2D eigenvalue weighted by atomic mass is 9.79. The minimum Gasteiger partial charge on any atom is -0.399 e. The first-order valence-electron chi connectivity index (χ1n) is 31.4. The highest BCUT2D eigenvalue weighted by molar-refractivity contribution is 9.14. The Hall–Kier alpha value is -8.76. The Labute approximate surface area is 548 Å². The third-order valence-corrected chi connectivity index (χ3v) is 20.3. The lowest BCUT2D eigenvalue weighted by Crippen LogP contribution is -2.41. The summed E-state index contributed by atoms with van der Waals surface area (Å²) in [5.74, 6) is 0. The Kier molecular flexibility index (Phi) is 17.9. The van der Waals surface area contributed by atoms with Crippen LogP contribution in [0.1, 0.15) is 77.3 Å². The third-order valence-electron chi connectivity index (χ3n) is 18.0. The number of anilines is 9. The summed E-state index contributed by atoms with van der Waals surface area (Å²) in [7, 11) is -0.364. The van der Waals surface area contributed by atoms with E-state index in [2.05, 4.69) is 359 Å². The molecule has 0 amide bonds. The molecule has 1 aliphatic heterocycles. The summed E-state index contributed by atoms with van der Waals surface area (Å²) in [5.41, 5.74) is 16.2. The van der Waals surface area contributed by atoms with Crippen molar-refractivity contribution in [2.24, 2.45) is 0 Å². The van der Waals surface area contributed by atoms with Crippen molar-refractivity contribution in [2.45, 2.75) is 77.4 Å². The van der Waals surface area contributed by atoms with Crippen molar-refractivity contribution in [3.8, 4) is 0 Å². The number of para-hydroxylation sites is 3. The summed E-state index contributed by atoms with van der Waals surface area (Å²) in [4.78, 5) is 7.06. The van der Waals surface area contributed by atoms with Gasteiger partial charge < -0.3 is 24.0 Å². The summed E-state index contributed by atoms with van der Waals surface area (Å²) in [6, 6.07) is 104. The first kappa shape index (κ1) is 60.2. The van der Waals surface area contributed by atoms with Crippen LogP contribution in [0.25, 0.3) is 43.5 Å². The van der Waals surface area contributed by atoms with Crippen molar-refractivity contribution in [1.29, 1.82) is 0 Å². The van der Waals surface area contributed by atoms with E-state index in [1.807, 2.05) is 6.07 Å². The van der Waals surface area contributed by atoms with E-state index in [1.165, 1.54) is 101 Å². The highest BCUT2D eigenvalue weighted by Crippen LogP contribution is 2.46. The summed E-state index contributed by atoms with van der Waals surface area (Å²) in [5, 5.41) is 7.40. The fourth-order valence-corrected chi connectivity index (χ4v) is 13.6. The Morgan fingerprint density at radius 1 is 0.300 bits per heavy atom. The number of fused-ring (bicyclic) bond motifs is 3. The van der Waals surface area contributed by atoms with E-state index in [0.717, 1.165) is 58.1 Å². The van der Waals surface area contributed by atoms with Crippen LogP contribution in [0, 0.1) is 0 Å². The number of hydrogen-bond acceptors (Lipinski definition) is 5. The maximum absolute atomic E-state index is 6.24. The van der Waals surface area contributed by atoms with Crippen molar-refractivity contribution in [1.82, 2.24) is 0 Å². The molecule has 1 saturated heterocycles. The van der Waals surface area contributed by atoms with Gasteiger partial charge in [-0.1, -0.05) is 232 Å². The summed E-state index contributed by atoms with van der Waals surface area (Å²) >= 11 is 6.87. The molecule has 90 heavy (non-hydrogen) atoms. The van der Waals surface area contributed by atoms with Gasteiger partial charge in [0.25, 0.3) is 0 Å². The highest BCUT2D eigenvalue weighted by atomic mass is 79.9. The van der Waals surface area contributed by atoms with Gasteiger partial charge in [-0.25, -0.2) is 0 Å². The molecule has 0 radical (unpaired) electrons. The number of allylic oxidation sites excluding steroid dienone is 4. The molecule has 0 unspecified atom stereocenters. The van der Waals surface area contributed by atoms with Gasteiger partial charge in [0.2, 0.25) is 0 Å². The van der Waals surface area contributed by atoms with Crippen LogP contribution >= 0.6 is 31.9 Å². The van der Waals surface area contributed by atoms with E-state index >= 15 is 0 Å². The van der Waals surface area contributed by atoms with Crippen LogP contribution in [0.3, 0.4) is 0 Å². The zero-order chi connectivity index (χ0) is 61.6. The van der Waals surface area contributed by atoms with Gasteiger partial charge in [0, 0.05) is 59.2 Å². The van der Waals surface area contributed by atoms with E-state index in [1.54, 1.807) is 0 Å². The lowest BCUT2D eigenvalue weighted by Gasteiger charge is -2.32. The molecule has 12 aromatic carbocycles. The molecule has 0 spiro atoms. The molecule has 444 valence electrons. The Bertz CT molecular complexity index is 4300. The van der Waals surface area contributed by atoms with Crippen molar-refractivity contribution in [3.63, 3.8) is 0 Å². The summed E-state index contributed by atoms with van der Waals surface area (Å²) < 4.78 is 15.2. The van der Waals surface area contributed by atoms with Crippen molar-refractivity contribution in [2.75, 3.05) is 14.7 Å². The van der Waals surface area contributed by atoms with Crippen molar-refractivity contribution >= 4 is 139 Å². The average Bonchev–Trinajstić information content (AvgIpc) is 1.36. The molecule has 1 fully saturated rings. The second-order valence-corrected chi connectivity index (χ2v) is 26.2.